The highest BCUT2D eigenvalue weighted by Gasteiger charge is 2.44. The van der Waals surface area contributed by atoms with Gasteiger partial charge in [0.2, 0.25) is 17.6 Å². The van der Waals surface area contributed by atoms with Crippen molar-refractivity contribution in [3.8, 4) is 0 Å². The third kappa shape index (κ3) is 8.10. The Morgan fingerprint density at radius 3 is 2.21 bits per heavy atom. The van der Waals surface area contributed by atoms with Gasteiger partial charge >= 0.3 is 5.97 Å². The van der Waals surface area contributed by atoms with E-state index < -0.39 is 91.2 Å². The summed E-state index contributed by atoms with van der Waals surface area (Å²) in [6.07, 6.45) is -7.51. The van der Waals surface area contributed by atoms with Gasteiger partial charge < -0.3 is 46.3 Å². The minimum atomic E-state index is -1.56. The van der Waals surface area contributed by atoms with Gasteiger partial charge in [-0.2, -0.15) is 0 Å². The number of amides is 2. The number of carboxylic acid groups (broad SMARTS) is 1. The normalized spacial score (nSPS) is 27.7. The first-order valence-electron chi connectivity index (χ1n) is 10.2. The minimum absolute atomic E-state index is 0.312. The number of aliphatic hydroxyl groups is 3. The lowest BCUT2D eigenvalue weighted by Gasteiger charge is -2.41. The summed E-state index contributed by atoms with van der Waals surface area (Å²) in [4.78, 5) is 58.9. The van der Waals surface area contributed by atoms with E-state index in [0.29, 0.717) is 0 Å². The second-order valence-corrected chi connectivity index (χ2v) is 7.70. The zero-order valence-electron chi connectivity index (χ0n) is 18.5. The molecule has 33 heavy (non-hydrogen) atoms. The number of aliphatic carboxylic acids is 1. The number of rotatable bonds is 12. The van der Waals surface area contributed by atoms with Crippen molar-refractivity contribution in [3.63, 3.8) is 0 Å². The summed E-state index contributed by atoms with van der Waals surface area (Å²) < 4.78 is 10.4. The van der Waals surface area contributed by atoms with E-state index in [1.165, 1.54) is 13.8 Å². The summed E-state index contributed by atoms with van der Waals surface area (Å²) >= 11 is 0. The summed E-state index contributed by atoms with van der Waals surface area (Å²) in [6.45, 7) is 2.93. The zero-order chi connectivity index (χ0) is 25.5. The zero-order valence-corrected chi connectivity index (χ0v) is 18.5. The first-order valence-corrected chi connectivity index (χ1v) is 10.2. The maximum Gasteiger partial charge on any atom is 0.303 e. The van der Waals surface area contributed by atoms with Crippen LogP contribution in [0, 0.1) is 0 Å². The maximum atomic E-state index is 12.4. The van der Waals surface area contributed by atoms with Crippen LogP contribution in [-0.4, -0.2) is 105 Å². The lowest BCUT2D eigenvalue weighted by molar-refractivity contribution is -0.261. The van der Waals surface area contributed by atoms with Crippen LogP contribution in [-0.2, 0) is 33.4 Å². The molecule has 1 saturated heterocycles. The Hall–Kier alpha value is -2.49. The third-order valence-corrected chi connectivity index (χ3v) is 5.03. The van der Waals surface area contributed by atoms with Gasteiger partial charge in [-0.1, -0.05) is 0 Å². The highest BCUT2D eigenvalue weighted by molar-refractivity contribution is 6.38. The summed E-state index contributed by atoms with van der Waals surface area (Å²) in [6, 6.07) is -3.81. The van der Waals surface area contributed by atoms with Gasteiger partial charge in [0.05, 0.1) is 18.7 Å². The van der Waals surface area contributed by atoms with Crippen LogP contribution < -0.4 is 16.4 Å². The number of carbonyl (C=O) groups excluding carboxylic acids is 4. The molecule has 1 heterocycles. The molecule has 0 bridgehead atoms. The first kappa shape index (κ1) is 28.5. The molecule has 0 saturated carbocycles. The van der Waals surface area contributed by atoms with E-state index in [0.717, 1.165) is 6.92 Å². The molecule has 2 unspecified atom stereocenters. The molecule has 14 heteroatoms. The molecule has 1 fully saturated rings. The molecule has 1 aliphatic heterocycles. The highest BCUT2D eigenvalue weighted by atomic mass is 16.6. The van der Waals surface area contributed by atoms with E-state index in [4.69, 9.17) is 20.3 Å². The number of Topliss-reactive ketones (excluding diaryl/α,β-unsaturated/α-hetero) is 2. The predicted molar refractivity (Wildman–Crippen MR) is 108 cm³/mol. The van der Waals surface area contributed by atoms with Gasteiger partial charge in [-0.3, -0.25) is 24.0 Å². The fraction of sp³-hybridized carbons (Fsp3) is 0.737. The average molecular weight is 477 g/mol. The van der Waals surface area contributed by atoms with E-state index in [-0.39, 0.29) is 6.42 Å². The van der Waals surface area contributed by atoms with Gasteiger partial charge in [0.15, 0.2) is 12.1 Å². The topological polar surface area (TPSA) is 235 Å². The van der Waals surface area contributed by atoms with Crippen LogP contribution in [0.2, 0.25) is 0 Å². The first-order chi connectivity index (χ1) is 15.3. The second kappa shape index (κ2) is 12.7. The summed E-state index contributed by atoms with van der Waals surface area (Å²) in [5.74, 6) is -4.71. The van der Waals surface area contributed by atoms with Gasteiger partial charge in [-0.05, 0) is 20.3 Å². The molecule has 0 spiro atoms. The van der Waals surface area contributed by atoms with E-state index in [1.54, 1.807) is 0 Å². The molecular formula is C19H31N3O11. The van der Waals surface area contributed by atoms with Gasteiger partial charge in [0, 0.05) is 13.3 Å². The molecule has 14 nitrogen and oxygen atoms in total. The molecular weight excluding hydrogens is 446 g/mol. The van der Waals surface area contributed by atoms with Crippen LogP contribution in [0.5, 0.6) is 0 Å². The smallest absolute Gasteiger partial charge is 0.303 e. The number of aliphatic hydroxyl groups excluding tert-OH is 3. The van der Waals surface area contributed by atoms with Gasteiger partial charge in [0.25, 0.3) is 0 Å². The summed E-state index contributed by atoms with van der Waals surface area (Å²) in [7, 11) is 0. The molecule has 0 aromatic carbocycles. The van der Waals surface area contributed by atoms with Gasteiger partial charge in [0.1, 0.15) is 30.5 Å². The number of nitrogens with one attached hydrogen (secondary N) is 2. The lowest BCUT2D eigenvalue weighted by Crippen LogP contribution is -2.64. The fourth-order valence-electron chi connectivity index (χ4n) is 3.05. The number of hydrogen-bond donors (Lipinski definition) is 7. The molecule has 2 amide bonds. The third-order valence-electron chi connectivity index (χ3n) is 5.03. The fourth-order valence-corrected chi connectivity index (χ4v) is 3.05. The van der Waals surface area contributed by atoms with E-state index in [1.807, 2.05) is 0 Å². The molecule has 1 aliphatic rings. The number of nitrogens with two attached hydrogens (primary N) is 1. The van der Waals surface area contributed by atoms with Crippen molar-refractivity contribution in [2.24, 2.45) is 5.73 Å². The van der Waals surface area contributed by atoms with Crippen molar-refractivity contribution in [1.29, 1.82) is 0 Å². The van der Waals surface area contributed by atoms with Crippen molar-refractivity contribution in [3.05, 3.63) is 0 Å². The lowest BCUT2D eigenvalue weighted by atomic mass is 9.97. The van der Waals surface area contributed by atoms with Crippen molar-refractivity contribution in [1.82, 2.24) is 10.6 Å². The largest absolute Gasteiger partial charge is 0.481 e. The number of carboxylic acids is 1. The summed E-state index contributed by atoms with van der Waals surface area (Å²) in [5, 5.41) is 42.6. The van der Waals surface area contributed by atoms with Crippen molar-refractivity contribution >= 4 is 29.4 Å². The quantitative estimate of drug-likeness (QED) is 0.134. The molecule has 8 atom stereocenters. The number of ether oxygens (including phenoxy) is 2. The van der Waals surface area contributed by atoms with Gasteiger partial charge in [-0.25, -0.2) is 0 Å². The molecule has 0 aromatic rings. The van der Waals surface area contributed by atoms with Crippen LogP contribution in [0.4, 0.5) is 0 Å². The highest BCUT2D eigenvalue weighted by Crippen LogP contribution is 2.22. The van der Waals surface area contributed by atoms with E-state index in [2.05, 4.69) is 10.6 Å². The van der Waals surface area contributed by atoms with Crippen LogP contribution in [0.3, 0.4) is 0 Å². The number of ketones is 2. The Labute approximate surface area is 189 Å². The molecule has 0 aromatic heterocycles. The van der Waals surface area contributed by atoms with Crippen LogP contribution in [0.1, 0.15) is 33.6 Å². The van der Waals surface area contributed by atoms with Crippen molar-refractivity contribution in [2.75, 3.05) is 6.61 Å². The van der Waals surface area contributed by atoms with Crippen molar-refractivity contribution < 1.29 is 53.9 Å². The monoisotopic (exact) mass is 477 g/mol. The van der Waals surface area contributed by atoms with Crippen LogP contribution in [0.25, 0.3) is 0 Å². The predicted octanol–water partition coefficient (Wildman–Crippen LogP) is -3.83. The van der Waals surface area contributed by atoms with E-state index in [9.17, 15) is 39.3 Å². The Morgan fingerprint density at radius 2 is 1.70 bits per heavy atom. The molecule has 8 N–H and O–H groups in total. The molecule has 0 aliphatic carbocycles. The summed E-state index contributed by atoms with van der Waals surface area (Å²) in [5.41, 5.74) is 5.75. The van der Waals surface area contributed by atoms with Crippen molar-refractivity contribution in [2.45, 2.75) is 82.4 Å². The van der Waals surface area contributed by atoms with E-state index >= 15 is 0 Å². The van der Waals surface area contributed by atoms with Crippen LogP contribution >= 0.6 is 0 Å². The minimum Gasteiger partial charge on any atom is -0.481 e. The number of carbonyl (C=O) groups is 5. The molecule has 188 valence electrons. The standard InChI is InChI=1S/C19H31N3O11/c1-7(17(29)22-10(4-5-12(25)26)14(27)8(2)24)21-18(30)9(3)32-16-13(20)19(31)33-11(6-23)15(16)28/h7,9-11,13,15-16,19,23,28,31H,4-6,20H2,1-3H3,(H,21,30)(H,22,29)(H,25,26)/t7-,9?,10?,11+,13+,15+,16+,19-/m0/s1. The Bertz CT molecular complexity index is 746. The number of hydrogen-bond acceptors (Lipinski definition) is 11. The second-order valence-electron chi connectivity index (χ2n) is 7.70. The Balaban J connectivity index is 2.74. The molecule has 0 radical (unpaired) electrons. The molecule has 1 rings (SSSR count). The Morgan fingerprint density at radius 1 is 1.09 bits per heavy atom. The maximum absolute atomic E-state index is 12.4. The Kier molecular flexibility index (Phi) is 11.0. The average Bonchev–Trinajstić information content (AvgIpc) is 2.75. The SMILES string of the molecule is CC(=O)C(=O)C(CCC(=O)O)NC(=O)[C@H](C)NC(=O)C(C)O[C@@H]1[C@@H](N)[C@@H](O)O[C@H](CO)[C@H]1O. The van der Waals surface area contributed by atoms with Gasteiger partial charge in [-0.15, -0.1) is 0 Å². The van der Waals surface area contributed by atoms with Crippen LogP contribution in [0.15, 0.2) is 0 Å².